The number of nitrogens with zero attached hydrogens (tertiary/aromatic N) is 4. The van der Waals surface area contributed by atoms with Gasteiger partial charge in [0, 0.05) is 65.5 Å². The molecule has 324 valence electrons. The second-order valence-corrected chi connectivity index (χ2v) is 17.8. The van der Waals surface area contributed by atoms with Gasteiger partial charge in [-0.1, -0.05) is 146 Å². The molecule has 0 saturated heterocycles. The standard InChI is InChI=1S/C62H41N7/c63-61(66-62(64)69-52-26-14-11-23-44(52)46-32-35-56-58(60(46)69)48-24-12-15-27-53(48)67(56)41-18-6-2-7-19-41)47-30-28-39(38-16-4-1-5-17-38)36-49(47)40-29-33-54-50(37-40)57-55(68(54)42-20-8-3-9-21-42)34-31-45-43-22-10-13-25-51(43)65-59(45)57/h1-37,65H,(H3,63,64,66). The first-order chi connectivity index (χ1) is 34.1. The van der Waals surface area contributed by atoms with Crippen molar-refractivity contribution in [3.05, 3.63) is 230 Å². The molecule has 0 aliphatic carbocycles. The highest BCUT2D eigenvalue weighted by molar-refractivity contribution is 6.29. The predicted molar refractivity (Wildman–Crippen MR) is 289 cm³/mol. The van der Waals surface area contributed by atoms with E-state index in [1.165, 1.54) is 10.8 Å². The number of amidine groups is 1. The van der Waals surface area contributed by atoms with Crippen LogP contribution in [-0.4, -0.2) is 30.5 Å². The van der Waals surface area contributed by atoms with E-state index in [2.05, 4.69) is 219 Å². The molecule has 7 heteroatoms. The van der Waals surface area contributed by atoms with Crippen LogP contribution < -0.4 is 5.73 Å². The quantitative estimate of drug-likeness (QED) is 0.117. The lowest BCUT2D eigenvalue weighted by Gasteiger charge is -2.14. The van der Waals surface area contributed by atoms with E-state index in [1.54, 1.807) is 0 Å². The highest BCUT2D eigenvalue weighted by Crippen LogP contribution is 2.43. The molecular formula is C62H41N7. The van der Waals surface area contributed by atoms with E-state index in [0.29, 0.717) is 5.56 Å². The van der Waals surface area contributed by atoms with Gasteiger partial charge in [0.2, 0.25) is 5.96 Å². The van der Waals surface area contributed by atoms with Crippen molar-refractivity contribution in [1.82, 2.24) is 18.7 Å². The number of H-pyrrole nitrogens is 1. The topological polar surface area (TPSA) is 92.8 Å². The van der Waals surface area contributed by atoms with Crippen LogP contribution in [0.2, 0.25) is 0 Å². The first kappa shape index (κ1) is 38.8. The molecular weight excluding hydrogens is 843 g/mol. The molecule has 7 nitrogen and oxygen atoms in total. The van der Waals surface area contributed by atoms with Crippen LogP contribution in [-0.2, 0) is 0 Å². The number of para-hydroxylation sites is 5. The third kappa shape index (κ3) is 5.81. The zero-order valence-electron chi connectivity index (χ0n) is 37.2. The fraction of sp³-hybridized carbons (Fsp3) is 0. The number of benzene rings is 10. The van der Waals surface area contributed by atoms with Gasteiger partial charge in [0.25, 0.3) is 0 Å². The van der Waals surface area contributed by atoms with Crippen LogP contribution in [0.25, 0.3) is 121 Å². The zero-order valence-corrected chi connectivity index (χ0v) is 37.2. The normalized spacial score (nSPS) is 12.3. The lowest BCUT2D eigenvalue weighted by Crippen LogP contribution is -2.24. The van der Waals surface area contributed by atoms with Crippen LogP contribution in [0, 0.1) is 5.41 Å². The Bertz CT molecular complexity index is 4430. The molecule has 0 bridgehead atoms. The molecule has 69 heavy (non-hydrogen) atoms. The van der Waals surface area contributed by atoms with Gasteiger partial charge in [0.05, 0.1) is 38.6 Å². The molecule has 4 N–H and O–H groups in total. The van der Waals surface area contributed by atoms with Crippen molar-refractivity contribution in [2.75, 3.05) is 0 Å². The van der Waals surface area contributed by atoms with Gasteiger partial charge < -0.3 is 19.9 Å². The Balaban J connectivity index is 0.998. The number of hydrogen-bond donors (Lipinski definition) is 3. The Hall–Kier alpha value is -9.46. The van der Waals surface area contributed by atoms with Crippen LogP contribution in [0.5, 0.6) is 0 Å². The predicted octanol–water partition coefficient (Wildman–Crippen LogP) is 15.1. The number of aliphatic imine (C=N–C) groups is 1. The molecule has 4 heterocycles. The van der Waals surface area contributed by atoms with E-state index in [-0.39, 0.29) is 11.8 Å². The molecule has 0 unspecified atom stereocenters. The molecule has 0 aliphatic heterocycles. The van der Waals surface area contributed by atoms with Crippen molar-refractivity contribution >= 4 is 99.0 Å². The van der Waals surface area contributed by atoms with E-state index < -0.39 is 0 Å². The van der Waals surface area contributed by atoms with Gasteiger partial charge in [-0.05, 0) is 101 Å². The molecule has 4 aromatic heterocycles. The summed E-state index contributed by atoms with van der Waals surface area (Å²) in [5.41, 5.74) is 22.6. The molecule has 14 aromatic rings. The van der Waals surface area contributed by atoms with Gasteiger partial charge in [0.15, 0.2) is 5.84 Å². The van der Waals surface area contributed by atoms with Crippen molar-refractivity contribution in [1.29, 1.82) is 5.41 Å². The third-order valence-electron chi connectivity index (χ3n) is 14.1. The summed E-state index contributed by atoms with van der Waals surface area (Å²) in [6.45, 7) is 0. The molecule has 0 aliphatic rings. The van der Waals surface area contributed by atoms with E-state index in [0.717, 1.165) is 110 Å². The average Bonchev–Trinajstić information content (AvgIpc) is 4.15. The van der Waals surface area contributed by atoms with Crippen molar-refractivity contribution in [3.63, 3.8) is 0 Å². The fourth-order valence-electron chi connectivity index (χ4n) is 11.1. The Morgan fingerprint density at radius 1 is 0.420 bits per heavy atom. The second kappa shape index (κ2) is 15.0. The average molecular weight is 884 g/mol. The van der Waals surface area contributed by atoms with Crippen molar-refractivity contribution in [2.45, 2.75) is 0 Å². The maximum absolute atomic E-state index is 9.94. The van der Waals surface area contributed by atoms with Crippen LogP contribution in [0.15, 0.2) is 229 Å². The molecule has 14 rings (SSSR count). The maximum atomic E-state index is 9.94. The first-order valence-electron chi connectivity index (χ1n) is 23.3. The molecule has 0 saturated carbocycles. The fourth-order valence-corrected chi connectivity index (χ4v) is 11.1. The molecule has 10 aromatic carbocycles. The number of hydrogen-bond acceptors (Lipinski definition) is 1. The van der Waals surface area contributed by atoms with Crippen molar-refractivity contribution in [2.24, 2.45) is 10.7 Å². The van der Waals surface area contributed by atoms with E-state index in [4.69, 9.17) is 10.7 Å². The summed E-state index contributed by atoms with van der Waals surface area (Å²) in [4.78, 5) is 8.88. The summed E-state index contributed by atoms with van der Waals surface area (Å²) in [6, 6.07) is 78.8. The van der Waals surface area contributed by atoms with Gasteiger partial charge >= 0.3 is 0 Å². The van der Waals surface area contributed by atoms with Gasteiger partial charge in [-0.15, -0.1) is 0 Å². The van der Waals surface area contributed by atoms with Gasteiger partial charge in [-0.2, -0.15) is 4.99 Å². The minimum absolute atomic E-state index is 0.0664. The smallest absolute Gasteiger partial charge is 0.207 e. The number of nitrogens with two attached hydrogens (primary N) is 1. The van der Waals surface area contributed by atoms with Crippen LogP contribution in [0.4, 0.5) is 0 Å². The van der Waals surface area contributed by atoms with Gasteiger partial charge in [-0.3, -0.25) is 9.98 Å². The highest BCUT2D eigenvalue weighted by atomic mass is 15.2. The van der Waals surface area contributed by atoms with E-state index >= 15 is 0 Å². The van der Waals surface area contributed by atoms with Crippen molar-refractivity contribution < 1.29 is 0 Å². The Morgan fingerprint density at radius 3 is 1.72 bits per heavy atom. The zero-order chi connectivity index (χ0) is 45.7. The number of nitrogens with one attached hydrogen (secondary N) is 2. The van der Waals surface area contributed by atoms with Crippen LogP contribution in [0.1, 0.15) is 5.56 Å². The maximum Gasteiger partial charge on any atom is 0.207 e. The van der Waals surface area contributed by atoms with Gasteiger partial charge in [-0.25, -0.2) is 0 Å². The lowest BCUT2D eigenvalue weighted by atomic mass is 9.93. The summed E-state index contributed by atoms with van der Waals surface area (Å²) in [7, 11) is 0. The van der Waals surface area contributed by atoms with E-state index in [9.17, 15) is 5.41 Å². The number of aromatic amines is 1. The Morgan fingerprint density at radius 2 is 0.986 bits per heavy atom. The third-order valence-corrected chi connectivity index (χ3v) is 14.1. The molecule has 0 spiro atoms. The van der Waals surface area contributed by atoms with Crippen molar-refractivity contribution in [3.8, 4) is 33.6 Å². The number of fused-ring (bicyclic) bond motifs is 14. The molecule has 0 amide bonds. The molecule has 0 atom stereocenters. The second-order valence-electron chi connectivity index (χ2n) is 17.8. The summed E-state index contributed by atoms with van der Waals surface area (Å²) in [5.74, 6) is 0.285. The minimum atomic E-state index is 0.0664. The molecule has 0 fully saturated rings. The Kier molecular flexibility index (Phi) is 8.45. The van der Waals surface area contributed by atoms with Crippen LogP contribution in [0.3, 0.4) is 0 Å². The monoisotopic (exact) mass is 883 g/mol. The summed E-state index contributed by atoms with van der Waals surface area (Å²) in [6.07, 6.45) is 0. The largest absolute Gasteiger partial charge is 0.369 e. The SMILES string of the molecule is N=C(N=C(N)n1c2ccccc2c2ccc3c(c4ccccc4n3-c3ccccc3)c21)c1ccc(-c2ccccc2)cc1-c1ccc2c(c1)c1c3[nH]c4ccccc4c3ccc1n2-c1ccccc1. The first-order valence-corrected chi connectivity index (χ1v) is 23.3. The highest BCUT2D eigenvalue weighted by Gasteiger charge is 2.23. The Labute approximate surface area is 395 Å². The summed E-state index contributed by atoms with van der Waals surface area (Å²) < 4.78 is 6.73. The summed E-state index contributed by atoms with van der Waals surface area (Å²) >= 11 is 0. The van der Waals surface area contributed by atoms with Crippen LogP contribution >= 0.6 is 0 Å². The van der Waals surface area contributed by atoms with E-state index in [1.807, 2.05) is 24.3 Å². The lowest BCUT2D eigenvalue weighted by molar-refractivity contribution is 1.18. The minimum Gasteiger partial charge on any atom is -0.369 e. The number of rotatable bonds is 5. The van der Waals surface area contributed by atoms with Gasteiger partial charge in [0.1, 0.15) is 0 Å². The summed E-state index contributed by atoms with van der Waals surface area (Å²) in [5, 5.41) is 18.9. The molecule has 0 radical (unpaired) electrons. The number of aromatic nitrogens is 4.